The first-order chi connectivity index (χ1) is 14.3. The molecule has 0 spiro atoms. The minimum absolute atomic E-state index is 0.0761. The number of carbonyl (C=O) groups is 4. The number of thioether (sulfide) groups is 1. The topological polar surface area (TPSA) is 92.3 Å². The van der Waals surface area contributed by atoms with Crippen LogP contribution in [0.5, 0.6) is 0 Å². The lowest BCUT2D eigenvalue weighted by molar-refractivity contribution is -0.132. The molecule has 0 heterocycles. The summed E-state index contributed by atoms with van der Waals surface area (Å²) in [6, 6.07) is 8.20. The normalized spacial score (nSPS) is 13.9. The summed E-state index contributed by atoms with van der Waals surface area (Å²) in [7, 11) is 0. The highest BCUT2D eigenvalue weighted by Gasteiger charge is 2.27. The number of Topliss-reactive ketones (excluding diaryl/α,β-unsaturated/α-hetero) is 1. The molecule has 166 valence electrons. The number of nitrogens with one attached hydrogen (secondary N) is 2. The third-order valence-corrected chi connectivity index (χ3v) is 5.36. The van der Waals surface area contributed by atoms with E-state index >= 15 is 0 Å². The standard InChI is InChI=1S/C23H34N2O4S/c1-16(2)12-21(24-17(3)27)23(29)25-20(10-11-30-4)22(28)14-19(15-26)13-18-8-6-5-7-9-18/h5-9,15-16,19-21H,10-14H2,1-4H3,(H,24,27)(H,25,29)/t19-,20+,21+/m1/s1. The summed E-state index contributed by atoms with van der Waals surface area (Å²) < 4.78 is 0. The summed E-state index contributed by atoms with van der Waals surface area (Å²) in [5.74, 6) is -0.322. The van der Waals surface area contributed by atoms with Crippen LogP contribution in [-0.4, -0.2) is 48.0 Å². The monoisotopic (exact) mass is 434 g/mol. The fourth-order valence-electron chi connectivity index (χ4n) is 3.26. The van der Waals surface area contributed by atoms with E-state index in [2.05, 4.69) is 10.6 Å². The zero-order valence-corrected chi connectivity index (χ0v) is 19.2. The van der Waals surface area contributed by atoms with Crippen molar-refractivity contribution in [1.29, 1.82) is 0 Å². The highest BCUT2D eigenvalue weighted by molar-refractivity contribution is 7.98. The van der Waals surface area contributed by atoms with E-state index in [4.69, 9.17) is 0 Å². The summed E-state index contributed by atoms with van der Waals surface area (Å²) in [5.41, 5.74) is 0.995. The highest BCUT2D eigenvalue weighted by Crippen LogP contribution is 2.14. The van der Waals surface area contributed by atoms with Gasteiger partial charge in [0.15, 0.2) is 5.78 Å². The largest absolute Gasteiger partial charge is 0.345 e. The number of hydrogen-bond acceptors (Lipinski definition) is 5. The fraction of sp³-hybridized carbons (Fsp3) is 0.565. The molecular weight excluding hydrogens is 400 g/mol. The van der Waals surface area contributed by atoms with Crippen molar-refractivity contribution in [1.82, 2.24) is 10.6 Å². The summed E-state index contributed by atoms with van der Waals surface area (Å²) in [6.45, 7) is 5.31. The van der Waals surface area contributed by atoms with Gasteiger partial charge in [-0.25, -0.2) is 0 Å². The van der Waals surface area contributed by atoms with Crippen LogP contribution in [0.25, 0.3) is 0 Å². The molecule has 0 unspecified atom stereocenters. The molecule has 0 saturated carbocycles. The van der Waals surface area contributed by atoms with Crippen LogP contribution < -0.4 is 10.6 Å². The predicted octanol–water partition coefficient (Wildman–Crippen LogP) is 2.79. The maximum absolute atomic E-state index is 12.9. The van der Waals surface area contributed by atoms with Crippen molar-refractivity contribution in [2.45, 2.75) is 58.5 Å². The zero-order chi connectivity index (χ0) is 22.5. The third kappa shape index (κ3) is 10.1. The van der Waals surface area contributed by atoms with Gasteiger partial charge < -0.3 is 15.4 Å². The number of aldehydes is 1. The van der Waals surface area contributed by atoms with Crippen LogP contribution in [0.15, 0.2) is 30.3 Å². The Morgan fingerprint density at radius 3 is 2.27 bits per heavy atom. The maximum atomic E-state index is 12.9. The van der Waals surface area contributed by atoms with Crippen LogP contribution >= 0.6 is 11.8 Å². The van der Waals surface area contributed by atoms with Gasteiger partial charge in [0.2, 0.25) is 11.8 Å². The Balaban J connectivity index is 2.84. The van der Waals surface area contributed by atoms with Gasteiger partial charge in [-0.15, -0.1) is 0 Å². The smallest absolute Gasteiger partial charge is 0.243 e. The van der Waals surface area contributed by atoms with Gasteiger partial charge in [-0.1, -0.05) is 44.2 Å². The van der Waals surface area contributed by atoms with Crippen molar-refractivity contribution >= 4 is 35.6 Å². The first-order valence-corrected chi connectivity index (χ1v) is 11.7. The van der Waals surface area contributed by atoms with Crippen LogP contribution in [0.4, 0.5) is 0 Å². The molecule has 0 aliphatic heterocycles. The van der Waals surface area contributed by atoms with Gasteiger partial charge in [-0.05, 0) is 42.8 Å². The van der Waals surface area contributed by atoms with Gasteiger partial charge in [0.1, 0.15) is 12.3 Å². The van der Waals surface area contributed by atoms with Crippen molar-refractivity contribution in [2.24, 2.45) is 11.8 Å². The molecule has 3 atom stereocenters. The molecule has 0 bridgehead atoms. The number of ketones is 1. The molecule has 1 aromatic carbocycles. The van der Waals surface area contributed by atoms with Crippen LogP contribution in [0.1, 0.15) is 45.6 Å². The zero-order valence-electron chi connectivity index (χ0n) is 18.4. The van der Waals surface area contributed by atoms with Crippen molar-refractivity contribution in [3.05, 3.63) is 35.9 Å². The summed E-state index contributed by atoms with van der Waals surface area (Å²) >= 11 is 1.59. The Morgan fingerprint density at radius 1 is 1.07 bits per heavy atom. The maximum Gasteiger partial charge on any atom is 0.243 e. The molecule has 7 heteroatoms. The SMILES string of the molecule is CSCC[C@H](NC(=O)[C@H](CC(C)C)NC(C)=O)C(=O)C[C@H](C=O)Cc1ccccc1. The molecule has 0 aliphatic rings. The average Bonchev–Trinajstić information content (AvgIpc) is 2.69. The minimum atomic E-state index is -0.682. The van der Waals surface area contributed by atoms with Crippen LogP contribution in [0.3, 0.4) is 0 Å². The third-order valence-electron chi connectivity index (χ3n) is 4.71. The summed E-state index contributed by atoms with van der Waals surface area (Å²) in [4.78, 5) is 48.8. The van der Waals surface area contributed by atoms with E-state index in [1.165, 1.54) is 6.92 Å². The average molecular weight is 435 g/mol. The molecule has 0 radical (unpaired) electrons. The summed E-state index contributed by atoms with van der Waals surface area (Å²) in [5, 5.41) is 5.50. The quantitative estimate of drug-likeness (QED) is 0.439. The minimum Gasteiger partial charge on any atom is -0.345 e. The van der Waals surface area contributed by atoms with Gasteiger partial charge in [-0.3, -0.25) is 14.4 Å². The lowest BCUT2D eigenvalue weighted by Crippen LogP contribution is -2.52. The van der Waals surface area contributed by atoms with Crippen molar-refractivity contribution in [3.63, 3.8) is 0 Å². The second-order valence-electron chi connectivity index (χ2n) is 7.98. The fourth-order valence-corrected chi connectivity index (χ4v) is 3.73. The predicted molar refractivity (Wildman–Crippen MR) is 121 cm³/mol. The molecule has 0 saturated heterocycles. The van der Waals surface area contributed by atoms with Crippen molar-refractivity contribution < 1.29 is 19.2 Å². The molecule has 30 heavy (non-hydrogen) atoms. The van der Waals surface area contributed by atoms with Crippen LogP contribution in [0.2, 0.25) is 0 Å². The molecule has 2 amide bonds. The van der Waals surface area contributed by atoms with Gasteiger partial charge in [0.25, 0.3) is 0 Å². The van der Waals surface area contributed by atoms with Gasteiger partial charge >= 0.3 is 0 Å². The Morgan fingerprint density at radius 2 is 1.73 bits per heavy atom. The van der Waals surface area contributed by atoms with E-state index in [0.29, 0.717) is 25.0 Å². The van der Waals surface area contributed by atoms with Crippen molar-refractivity contribution in [2.75, 3.05) is 12.0 Å². The number of rotatable bonds is 14. The molecule has 0 aromatic heterocycles. The Kier molecular flexibility index (Phi) is 12.0. The van der Waals surface area contributed by atoms with E-state index in [1.54, 1.807) is 11.8 Å². The lowest BCUT2D eigenvalue weighted by Gasteiger charge is -2.24. The number of benzene rings is 1. The molecule has 6 nitrogen and oxygen atoms in total. The number of carbonyl (C=O) groups excluding carboxylic acids is 4. The molecule has 1 aromatic rings. The molecule has 2 N–H and O–H groups in total. The second-order valence-corrected chi connectivity index (χ2v) is 8.97. The Bertz CT molecular complexity index is 694. The van der Waals surface area contributed by atoms with E-state index in [9.17, 15) is 19.2 Å². The van der Waals surface area contributed by atoms with Gasteiger partial charge in [0.05, 0.1) is 6.04 Å². The number of hydrogen-bond donors (Lipinski definition) is 2. The van der Waals surface area contributed by atoms with E-state index < -0.39 is 18.0 Å². The Hall–Kier alpha value is -2.15. The van der Waals surface area contributed by atoms with Crippen LogP contribution in [0, 0.1) is 11.8 Å². The first kappa shape index (κ1) is 25.9. The molecule has 0 fully saturated rings. The lowest BCUT2D eigenvalue weighted by atomic mass is 9.92. The Labute approximate surface area is 184 Å². The second kappa shape index (κ2) is 14.0. The first-order valence-electron chi connectivity index (χ1n) is 10.3. The number of amides is 2. The van der Waals surface area contributed by atoms with E-state index in [0.717, 1.165) is 11.8 Å². The summed E-state index contributed by atoms with van der Waals surface area (Å²) in [6.07, 6.45) is 4.29. The molecule has 1 rings (SSSR count). The highest BCUT2D eigenvalue weighted by atomic mass is 32.2. The van der Waals surface area contributed by atoms with Crippen molar-refractivity contribution in [3.8, 4) is 0 Å². The van der Waals surface area contributed by atoms with E-state index in [1.807, 2.05) is 50.4 Å². The van der Waals surface area contributed by atoms with Crippen LogP contribution in [-0.2, 0) is 25.6 Å². The van der Waals surface area contributed by atoms with E-state index in [-0.39, 0.29) is 29.9 Å². The molecular formula is C23H34N2O4S. The van der Waals surface area contributed by atoms with Gasteiger partial charge in [0, 0.05) is 19.3 Å². The molecule has 0 aliphatic carbocycles. The van der Waals surface area contributed by atoms with Gasteiger partial charge in [-0.2, -0.15) is 11.8 Å².